The zero-order chi connectivity index (χ0) is 20.7. The van der Waals surface area contributed by atoms with Crippen molar-refractivity contribution in [1.82, 2.24) is 5.43 Å². The van der Waals surface area contributed by atoms with Gasteiger partial charge in [0.1, 0.15) is 0 Å². The van der Waals surface area contributed by atoms with Crippen LogP contribution < -0.4 is 10.9 Å². The number of amides is 1. The average molecular weight is 393 g/mol. The van der Waals surface area contributed by atoms with Crippen molar-refractivity contribution in [2.24, 2.45) is 10.2 Å². The van der Waals surface area contributed by atoms with Gasteiger partial charge in [-0.2, -0.15) is 23.4 Å². The summed E-state index contributed by atoms with van der Waals surface area (Å²) in [5, 5.41) is 18.2. The zero-order valence-electron chi connectivity index (χ0n) is 14.4. The van der Waals surface area contributed by atoms with Crippen LogP contribution in [0.3, 0.4) is 0 Å². The molecule has 11 heteroatoms. The Kier molecular flexibility index (Phi) is 6.42. The highest BCUT2D eigenvalue weighted by Crippen LogP contribution is 2.29. The predicted octanol–water partition coefficient (Wildman–Crippen LogP) is 3.82. The molecule has 0 radical (unpaired) electrons. The monoisotopic (exact) mass is 393 g/mol. The van der Waals surface area contributed by atoms with Crippen LogP contribution in [0.25, 0.3) is 0 Å². The second-order valence-electron chi connectivity index (χ2n) is 5.44. The number of rotatable bonds is 6. The minimum atomic E-state index is -4.48. The number of hydrazone groups is 2. The molecule has 0 aromatic heterocycles. The van der Waals surface area contributed by atoms with Gasteiger partial charge in [0.15, 0.2) is 0 Å². The highest BCUT2D eigenvalue weighted by molar-refractivity contribution is 6.29. The number of carbonyl (C=O) groups is 1. The molecule has 0 saturated carbocycles. The molecule has 2 rings (SSSR count). The fraction of sp³-hybridized carbons (Fsp3) is 0.118. The maximum Gasteiger partial charge on any atom is 0.416 e. The first-order chi connectivity index (χ1) is 13.2. The molecule has 0 aliphatic rings. The lowest BCUT2D eigenvalue weighted by Gasteiger charge is -2.07. The van der Waals surface area contributed by atoms with Gasteiger partial charge < -0.3 is 0 Å². The number of nitro groups is 1. The molecule has 0 saturated heterocycles. The molecule has 0 bridgehead atoms. The molecule has 1 amide bonds. The Morgan fingerprint density at radius 1 is 1.11 bits per heavy atom. The van der Waals surface area contributed by atoms with Crippen molar-refractivity contribution in [3.8, 4) is 0 Å². The van der Waals surface area contributed by atoms with Crippen molar-refractivity contribution < 1.29 is 22.9 Å². The van der Waals surface area contributed by atoms with Crippen LogP contribution >= 0.6 is 0 Å². The first-order valence-corrected chi connectivity index (χ1v) is 7.72. The summed E-state index contributed by atoms with van der Waals surface area (Å²) in [5.41, 5.74) is 4.74. The van der Waals surface area contributed by atoms with E-state index in [9.17, 15) is 28.1 Å². The van der Waals surface area contributed by atoms with Crippen molar-refractivity contribution in [3.05, 3.63) is 69.8 Å². The second kappa shape index (κ2) is 8.75. The van der Waals surface area contributed by atoms with Crippen molar-refractivity contribution in [3.63, 3.8) is 0 Å². The van der Waals surface area contributed by atoms with Crippen molar-refractivity contribution >= 4 is 29.2 Å². The van der Waals surface area contributed by atoms with Gasteiger partial charge in [-0.25, -0.2) is 5.43 Å². The smallest absolute Gasteiger partial charge is 0.278 e. The van der Waals surface area contributed by atoms with E-state index in [2.05, 4.69) is 21.1 Å². The van der Waals surface area contributed by atoms with Crippen LogP contribution in [0.15, 0.2) is 58.7 Å². The van der Waals surface area contributed by atoms with E-state index in [4.69, 9.17) is 0 Å². The van der Waals surface area contributed by atoms with Gasteiger partial charge in [-0.05, 0) is 43.3 Å². The van der Waals surface area contributed by atoms with Crippen molar-refractivity contribution in [1.29, 1.82) is 0 Å². The minimum absolute atomic E-state index is 0.0190. The summed E-state index contributed by atoms with van der Waals surface area (Å²) >= 11 is 0. The van der Waals surface area contributed by atoms with Gasteiger partial charge in [0.05, 0.1) is 28.1 Å². The largest absolute Gasteiger partial charge is 0.416 e. The van der Waals surface area contributed by atoms with Crippen molar-refractivity contribution in [2.75, 3.05) is 5.43 Å². The zero-order valence-corrected chi connectivity index (χ0v) is 14.4. The maximum atomic E-state index is 12.5. The third-order valence-corrected chi connectivity index (χ3v) is 3.33. The molecular formula is C17H14F3N5O3. The summed E-state index contributed by atoms with van der Waals surface area (Å²) in [4.78, 5) is 21.9. The van der Waals surface area contributed by atoms with E-state index in [1.807, 2.05) is 0 Å². The molecule has 0 fully saturated rings. The summed E-state index contributed by atoms with van der Waals surface area (Å²) < 4.78 is 37.5. The van der Waals surface area contributed by atoms with Gasteiger partial charge in [-0.15, -0.1) is 0 Å². The number of hydrogen-bond acceptors (Lipinski definition) is 6. The SMILES string of the molecule is CC(/C=N/Nc1ccc([N+](=O)[O-])cc1)=N\NC(=O)c1ccc(C(F)(F)F)cc1. The number of hydrogen-bond donors (Lipinski definition) is 2. The van der Waals surface area contributed by atoms with Gasteiger partial charge in [-0.1, -0.05) is 0 Å². The standard InChI is InChI=1S/C17H14F3N5O3/c1-11(10-21-23-14-6-8-15(9-7-14)25(27)28)22-24-16(26)12-2-4-13(5-3-12)17(18,19)20/h2-10,23H,1H3,(H,24,26)/b21-10+,22-11+. The molecule has 2 aromatic carbocycles. The third-order valence-electron chi connectivity index (χ3n) is 3.33. The fourth-order valence-corrected chi connectivity index (χ4v) is 1.90. The Balaban J connectivity index is 1.89. The Labute approximate surface area is 156 Å². The van der Waals surface area contributed by atoms with E-state index in [1.165, 1.54) is 37.4 Å². The molecule has 0 aliphatic heterocycles. The molecule has 146 valence electrons. The highest BCUT2D eigenvalue weighted by atomic mass is 19.4. The highest BCUT2D eigenvalue weighted by Gasteiger charge is 2.30. The van der Waals surface area contributed by atoms with Crippen molar-refractivity contribution in [2.45, 2.75) is 13.1 Å². The van der Waals surface area contributed by atoms with Gasteiger partial charge >= 0.3 is 6.18 Å². The number of alkyl halides is 3. The number of nitrogens with zero attached hydrogens (tertiary/aromatic N) is 3. The van der Waals surface area contributed by atoms with E-state index in [0.717, 1.165) is 24.3 Å². The molecule has 28 heavy (non-hydrogen) atoms. The molecule has 0 heterocycles. The fourth-order valence-electron chi connectivity index (χ4n) is 1.90. The molecule has 8 nitrogen and oxygen atoms in total. The first-order valence-electron chi connectivity index (χ1n) is 7.72. The molecule has 0 unspecified atom stereocenters. The maximum absolute atomic E-state index is 12.5. The summed E-state index contributed by atoms with van der Waals surface area (Å²) in [5.74, 6) is -0.676. The number of nitrogens with one attached hydrogen (secondary N) is 2. The van der Waals surface area contributed by atoms with Crippen LogP contribution in [-0.4, -0.2) is 22.8 Å². The lowest BCUT2D eigenvalue weighted by Crippen LogP contribution is -2.19. The van der Waals surface area contributed by atoms with E-state index < -0.39 is 22.6 Å². The average Bonchev–Trinajstić information content (AvgIpc) is 2.66. The number of nitro benzene ring substituents is 1. The molecule has 0 atom stereocenters. The summed E-state index contributed by atoms with van der Waals surface area (Å²) in [6.45, 7) is 1.54. The molecule has 2 aromatic rings. The Bertz CT molecular complexity index is 907. The number of non-ortho nitro benzene ring substituents is 1. The number of halogens is 3. The number of carbonyl (C=O) groups excluding carboxylic acids is 1. The van der Waals surface area contributed by atoms with Crippen LogP contribution in [0.2, 0.25) is 0 Å². The van der Waals surface area contributed by atoms with Crippen LogP contribution in [0.1, 0.15) is 22.8 Å². The number of anilines is 1. The lowest BCUT2D eigenvalue weighted by atomic mass is 10.1. The molecule has 2 N–H and O–H groups in total. The van der Waals surface area contributed by atoms with Gasteiger partial charge in [0.2, 0.25) is 0 Å². The third kappa shape index (κ3) is 5.90. The Hall–Kier alpha value is -3.76. The second-order valence-corrected chi connectivity index (χ2v) is 5.44. The van der Waals surface area contributed by atoms with E-state index >= 15 is 0 Å². The minimum Gasteiger partial charge on any atom is -0.278 e. The summed E-state index contributed by atoms with van der Waals surface area (Å²) in [6.07, 6.45) is -3.19. The Morgan fingerprint density at radius 3 is 2.25 bits per heavy atom. The van der Waals surface area contributed by atoms with Crippen LogP contribution in [-0.2, 0) is 6.18 Å². The van der Waals surface area contributed by atoms with Crippen LogP contribution in [0.4, 0.5) is 24.5 Å². The van der Waals surface area contributed by atoms with Crippen LogP contribution in [0, 0.1) is 10.1 Å². The Morgan fingerprint density at radius 2 is 1.71 bits per heavy atom. The van der Waals surface area contributed by atoms with Crippen LogP contribution in [0.5, 0.6) is 0 Å². The first kappa shape index (κ1) is 20.6. The molecule has 0 spiro atoms. The van der Waals surface area contributed by atoms with Gasteiger partial charge in [0.25, 0.3) is 11.6 Å². The van der Waals surface area contributed by atoms with Gasteiger partial charge in [-0.3, -0.25) is 20.3 Å². The lowest BCUT2D eigenvalue weighted by molar-refractivity contribution is -0.384. The summed E-state index contributed by atoms with van der Waals surface area (Å²) in [6, 6.07) is 9.26. The molecular weight excluding hydrogens is 379 g/mol. The van der Waals surface area contributed by atoms with E-state index in [1.54, 1.807) is 0 Å². The van der Waals surface area contributed by atoms with E-state index in [-0.39, 0.29) is 11.3 Å². The molecule has 0 aliphatic carbocycles. The van der Waals surface area contributed by atoms with Gasteiger partial charge in [0, 0.05) is 17.7 Å². The quantitative estimate of drug-likeness (QED) is 0.442. The summed E-state index contributed by atoms with van der Waals surface area (Å²) in [7, 11) is 0. The normalized spacial score (nSPS) is 12.1. The topological polar surface area (TPSA) is 109 Å². The predicted molar refractivity (Wildman–Crippen MR) is 97.2 cm³/mol. The van der Waals surface area contributed by atoms with E-state index in [0.29, 0.717) is 11.4 Å². The number of benzene rings is 2.